The van der Waals surface area contributed by atoms with E-state index < -0.39 is 10.9 Å². The van der Waals surface area contributed by atoms with E-state index in [0.29, 0.717) is 6.42 Å². The molecular formula is C13H14N2O4. The van der Waals surface area contributed by atoms with E-state index in [4.69, 9.17) is 6.42 Å². The number of hydrogen-bond acceptors (Lipinski definition) is 5. The number of carbonyl (C=O) groups is 1. The van der Waals surface area contributed by atoms with E-state index in [1.165, 1.54) is 25.3 Å². The number of ether oxygens (including phenoxy) is 1. The molecule has 0 saturated heterocycles. The van der Waals surface area contributed by atoms with E-state index in [1.807, 2.05) is 6.92 Å². The standard InChI is InChI=1S/C13H14N2O4/c1-4-10(5-2)14-11-8-9(13(16)19-3)6-7-12(11)15(17)18/h1,6-8,10,14H,5H2,2-3H3. The van der Waals surface area contributed by atoms with Crippen LogP contribution in [0.1, 0.15) is 23.7 Å². The summed E-state index contributed by atoms with van der Waals surface area (Å²) in [5, 5.41) is 13.8. The van der Waals surface area contributed by atoms with Gasteiger partial charge in [0.05, 0.1) is 23.6 Å². The Labute approximate surface area is 110 Å². The minimum atomic E-state index is -0.563. The molecule has 0 spiro atoms. The molecule has 0 aliphatic carbocycles. The third kappa shape index (κ3) is 3.45. The van der Waals surface area contributed by atoms with Crippen LogP contribution in [0.25, 0.3) is 0 Å². The van der Waals surface area contributed by atoms with Crippen LogP contribution in [0.2, 0.25) is 0 Å². The van der Waals surface area contributed by atoms with Gasteiger partial charge in [-0.3, -0.25) is 10.1 Å². The summed E-state index contributed by atoms with van der Waals surface area (Å²) in [5.74, 6) is 1.92. The number of carbonyl (C=O) groups excluding carboxylic acids is 1. The Kier molecular flexibility index (Phi) is 4.89. The SMILES string of the molecule is C#CC(CC)Nc1cc(C(=O)OC)ccc1[N+](=O)[O-]. The Morgan fingerprint density at radius 3 is 2.79 bits per heavy atom. The molecule has 0 fully saturated rings. The molecule has 0 saturated carbocycles. The molecule has 19 heavy (non-hydrogen) atoms. The lowest BCUT2D eigenvalue weighted by Crippen LogP contribution is -2.17. The lowest BCUT2D eigenvalue weighted by molar-refractivity contribution is -0.384. The monoisotopic (exact) mass is 262 g/mol. The minimum Gasteiger partial charge on any atom is -0.465 e. The third-order valence-electron chi connectivity index (χ3n) is 2.55. The van der Waals surface area contributed by atoms with Gasteiger partial charge in [0.2, 0.25) is 0 Å². The number of rotatable bonds is 5. The molecule has 1 aromatic rings. The van der Waals surface area contributed by atoms with E-state index in [-0.39, 0.29) is 23.0 Å². The number of nitro benzene ring substituents is 1. The van der Waals surface area contributed by atoms with Crippen molar-refractivity contribution in [3.8, 4) is 12.3 Å². The van der Waals surface area contributed by atoms with Crippen molar-refractivity contribution < 1.29 is 14.5 Å². The second-order valence-electron chi connectivity index (χ2n) is 3.75. The zero-order valence-corrected chi connectivity index (χ0v) is 10.7. The van der Waals surface area contributed by atoms with Crippen LogP contribution in [0, 0.1) is 22.5 Å². The average Bonchev–Trinajstić information content (AvgIpc) is 2.43. The van der Waals surface area contributed by atoms with Crippen LogP contribution >= 0.6 is 0 Å². The van der Waals surface area contributed by atoms with E-state index in [0.717, 1.165) is 0 Å². The third-order valence-corrected chi connectivity index (χ3v) is 2.55. The van der Waals surface area contributed by atoms with Crippen molar-refractivity contribution in [2.24, 2.45) is 0 Å². The molecule has 0 aromatic heterocycles. The molecule has 1 atom stereocenters. The molecule has 1 unspecified atom stereocenters. The van der Waals surface area contributed by atoms with Gasteiger partial charge in [-0.1, -0.05) is 12.8 Å². The summed E-state index contributed by atoms with van der Waals surface area (Å²) in [5.41, 5.74) is 0.293. The normalized spacial score (nSPS) is 11.2. The van der Waals surface area contributed by atoms with Gasteiger partial charge in [0.1, 0.15) is 5.69 Å². The number of nitro groups is 1. The highest BCUT2D eigenvalue weighted by molar-refractivity contribution is 5.91. The highest BCUT2D eigenvalue weighted by Crippen LogP contribution is 2.26. The molecule has 0 bridgehead atoms. The van der Waals surface area contributed by atoms with Gasteiger partial charge in [-0.25, -0.2) is 4.79 Å². The predicted molar refractivity (Wildman–Crippen MR) is 71.0 cm³/mol. The molecule has 6 nitrogen and oxygen atoms in total. The van der Waals surface area contributed by atoms with Crippen molar-refractivity contribution in [2.45, 2.75) is 19.4 Å². The maximum Gasteiger partial charge on any atom is 0.337 e. The average molecular weight is 262 g/mol. The number of esters is 1. The smallest absolute Gasteiger partial charge is 0.337 e. The highest BCUT2D eigenvalue weighted by atomic mass is 16.6. The zero-order chi connectivity index (χ0) is 14.4. The maximum atomic E-state index is 11.4. The molecule has 0 aliphatic rings. The molecule has 0 radical (unpaired) electrons. The Morgan fingerprint density at radius 2 is 2.32 bits per heavy atom. The Balaban J connectivity index is 3.20. The van der Waals surface area contributed by atoms with Gasteiger partial charge in [-0.15, -0.1) is 6.42 Å². The summed E-state index contributed by atoms with van der Waals surface area (Å²) in [6.45, 7) is 1.85. The van der Waals surface area contributed by atoms with Crippen LogP contribution in [-0.2, 0) is 4.74 Å². The molecule has 6 heteroatoms. The number of methoxy groups -OCH3 is 1. The summed E-state index contributed by atoms with van der Waals surface area (Å²) in [7, 11) is 1.24. The Hall–Kier alpha value is -2.55. The van der Waals surface area contributed by atoms with Crippen molar-refractivity contribution in [3.63, 3.8) is 0 Å². The first-order valence-corrected chi connectivity index (χ1v) is 5.62. The van der Waals surface area contributed by atoms with E-state index in [9.17, 15) is 14.9 Å². The van der Waals surface area contributed by atoms with Crippen molar-refractivity contribution in [1.29, 1.82) is 0 Å². The number of nitrogens with one attached hydrogen (secondary N) is 1. The van der Waals surface area contributed by atoms with E-state index >= 15 is 0 Å². The van der Waals surface area contributed by atoms with Crippen molar-refractivity contribution in [3.05, 3.63) is 33.9 Å². The number of anilines is 1. The molecule has 1 rings (SSSR count). The number of hydrogen-bond donors (Lipinski definition) is 1. The second kappa shape index (κ2) is 6.40. The van der Waals surface area contributed by atoms with Gasteiger partial charge >= 0.3 is 5.97 Å². The fourth-order valence-corrected chi connectivity index (χ4v) is 1.50. The molecule has 100 valence electrons. The lowest BCUT2D eigenvalue weighted by atomic mass is 10.1. The van der Waals surface area contributed by atoms with Crippen LogP contribution in [0.5, 0.6) is 0 Å². The van der Waals surface area contributed by atoms with Gasteiger partial charge < -0.3 is 10.1 Å². The highest BCUT2D eigenvalue weighted by Gasteiger charge is 2.18. The largest absolute Gasteiger partial charge is 0.465 e. The molecule has 1 N–H and O–H groups in total. The second-order valence-corrected chi connectivity index (χ2v) is 3.75. The first-order chi connectivity index (χ1) is 9.03. The summed E-state index contributed by atoms with van der Waals surface area (Å²) in [4.78, 5) is 21.8. The van der Waals surface area contributed by atoms with Gasteiger partial charge in [-0.05, 0) is 18.6 Å². The Bertz CT molecular complexity index is 534. The zero-order valence-electron chi connectivity index (χ0n) is 10.7. The summed E-state index contributed by atoms with van der Waals surface area (Å²) >= 11 is 0. The quantitative estimate of drug-likeness (QED) is 0.381. The fourth-order valence-electron chi connectivity index (χ4n) is 1.50. The first-order valence-electron chi connectivity index (χ1n) is 5.62. The summed E-state index contributed by atoms with van der Waals surface area (Å²) in [6, 6.07) is 3.61. The van der Waals surface area contributed by atoms with Crippen LogP contribution in [0.15, 0.2) is 18.2 Å². The van der Waals surface area contributed by atoms with Gasteiger partial charge in [0, 0.05) is 6.07 Å². The van der Waals surface area contributed by atoms with Crippen molar-refractivity contribution in [2.75, 3.05) is 12.4 Å². The van der Waals surface area contributed by atoms with Crippen LogP contribution in [0.4, 0.5) is 11.4 Å². The van der Waals surface area contributed by atoms with Crippen LogP contribution < -0.4 is 5.32 Å². The van der Waals surface area contributed by atoms with Gasteiger partial charge in [0.25, 0.3) is 5.69 Å². The van der Waals surface area contributed by atoms with Gasteiger partial charge in [0.15, 0.2) is 0 Å². The summed E-state index contributed by atoms with van der Waals surface area (Å²) in [6.07, 6.45) is 5.91. The fraction of sp³-hybridized carbons (Fsp3) is 0.308. The lowest BCUT2D eigenvalue weighted by Gasteiger charge is -2.13. The first kappa shape index (κ1) is 14.5. The number of terminal acetylenes is 1. The molecule has 0 aliphatic heterocycles. The molecule has 0 heterocycles. The van der Waals surface area contributed by atoms with E-state index in [1.54, 1.807) is 0 Å². The van der Waals surface area contributed by atoms with Crippen molar-refractivity contribution >= 4 is 17.3 Å². The number of benzene rings is 1. The predicted octanol–water partition coefficient (Wildman–Crippen LogP) is 2.21. The van der Waals surface area contributed by atoms with Crippen LogP contribution in [0.3, 0.4) is 0 Å². The van der Waals surface area contributed by atoms with E-state index in [2.05, 4.69) is 16.0 Å². The molecule has 1 aromatic carbocycles. The number of nitrogens with zero attached hydrogens (tertiary/aromatic N) is 1. The van der Waals surface area contributed by atoms with Crippen molar-refractivity contribution in [1.82, 2.24) is 0 Å². The Morgan fingerprint density at radius 1 is 1.63 bits per heavy atom. The maximum absolute atomic E-state index is 11.4. The van der Waals surface area contributed by atoms with Crippen LogP contribution in [-0.4, -0.2) is 24.0 Å². The molecule has 0 amide bonds. The molecular weight excluding hydrogens is 248 g/mol. The topological polar surface area (TPSA) is 81.5 Å². The minimum absolute atomic E-state index is 0.138. The summed E-state index contributed by atoms with van der Waals surface area (Å²) < 4.78 is 4.57. The van der Waals surface area contributed by atoms with Gasteiger partial charge in [-0.2, -0.15) is 0 Å².